The van der Waals surface area contributed by atoms with Crippen LogP contribution in [0.3, 0.4) is 0 Å². The molecule has 0 aliphatic carbocycles. The Hall–Kier alpha value is -3.61. The summed E-state index contributed by atoms with van der Waals surface area (Å²) in [5.74, 6) is 3.32. The number of carbonyl (C=O) groups is 4. The lowest BCUT2D eigenvalue weighted by molar-refractivity contribution is -0.140. The number of nitrogens with one attached hydrogen (secondary N) is 2. The molecule has 9 nitrogen and oxygen atoms in total. The van der Waals surface area contributed by atoms with E-state index >= 15 is 0 Å². The van der Waals surface area contributed by atoms with Crippen molar-refractivity contribution in [3.8, 4) is 11.8 Å². The fraction of sp³-hybridized carbons (Fsp3) is 0.478. The van der Waals surface area contributed by atoms with E-state index in [0.717, 1.165) is 6.07 Å². The van der Waals surface area contributed by atoms with Crippen LogP contribution < -0.4 is 16.4 Å². The topological polar surface area (TPSA) is 137 Å². The summed E-state index contributed by atoms with van der Waals surface area (Å²) < 4.78 is 23.7. The maximum Gasteiger partial charge on any atom is 0.408 e. The number of benzene rings is 1. The van der Waals surface area contributed by atoms with Crippen LogP contribution in [0.2, 0.25) is 0 Å². The van der Waals surface area contributed by atoms with Crippen molar-refractivity contribution in [3.05, 3.63) is 29.6 Å². The Morgan fingerprint density at radius 2 is 1.85 bits per heavy atom. The third kappa shape index (κ3) is 12.1. The first-order valence-corrected chi connectivity index (χ1v) is 10.3. The van der Waals surface area contributed by atoms with Gasteiger partial charge in [-0.1, -0.05) is 11.8 Å². The van der Waals surface area contributed by atoms with Gasteiger partial charge >= 0.3 is 12.1 Å². The number of amides is 3. The van der Waals surface area contributed by atoms with Gasteiger partial charge in [0.25, 0.3) is 0 Å². The van der Waals surface area contributed by atoms with E-state index in [1.54, 1.807) is 20.8 Å². The zero-order valence-electron chi connectivity index (χ0n) is 19.2. The number of unbranched alkanes of at least 4 members (excludes halogenated alkanes) is 1. The van der Waals surface area contributed by atoms with Crippen molar-refractivity contribution < 1.29 is 33.0 Å². The Labute approximate surface area is 192 Å². The SMILES string of the molecule is COC(=O)CCCC#Cc1cc(F)cc(NC(=O)[C@H](CCC(N)=O)NC(=O)OC(C)(C)C)c1. The second-order valence-corrected chi connectivity index (χ2v) is 8.15. The van der Waals surface area contributed by atoms with Gasteiger partial charge in [-0.2, -0.15) is 0 Å². The Kier molecular flexibility index (Phi) is 10.8. The fourth-order valence-electron chi connectivity index (χ4n) is 2.56. The molecule has 0 aliphatic rings. The lowest BCUT2D eigenvalue weighted by Crippen LogP contribution is -2.46. The number of nitrogens with two attached hydrogens (primary N) is 1. The summed E-state index contributed by atoms with van der Waals surface area (Å²) in [6, 6.07) is 2.63. The third-order valence-corrected chi connectivity index (χ3v) is 4.00. The molecule has 0 unspecified atom stereocenters. The van der Waals surface area contributed by atoms with Crippen LogP contribution in [0, 0.1) is 17.7 Å². The summed E-state index contributed by atoms with van der Waals surface area (Å²) in [5, 5.41) is 4.91. The molecule has 0 aromatic heterocycles. The molecule has 0 saturated heterocycles. The van der Waals surface area contributed by atoms with Crippen molar-refractivity contribution in [2.45, 2.75) is 64.5 Å². The lowest BCUT2D eigenvalue weighted by atomic mass is 10.1. The summed E-state index contributed by atoms with van der Waals surface area (Å²) in [5.41, 5.74) is 4.80. The number of carbonyl (C=O) groups excluding carboxylic acids is 4. The number of rotatable bonds is 9. The second kappa shape index (κ2) is 13.1. The van der Waals surface area contributed by atoms with Gasteiger partial charge < -0.3 is 25.8 Å². The molecule has 1 rings (SSSR count). The zero-order valence-corrected chi connectivity index (χ0v) is 19.2. The highest BCUT2D eigenvalue weighted by Crippen LogP contribution is 2.15. The summed E-state index contributed by atoms with van der Waals surface area (Å²) in [6.45, 7) is 4.99. The quantitative estimate of drug-likeness (QED) is 0.293. The molecule has 10 heteroatoms. The molecule has 180 valence electrons. The Morgan fingerprint density at radius 1 is 1.15 bits per heavy atom. The summed E-state index contributed by atoms with van der Waals surface area (Å²) >= 11 is 0. The highest BCUT2D eigenvalue weighted by atomic mass is 19.1. The van der Waals surface area contributed by atoms with E-state index in [0.29, 0.717) is 18.4 Å². The first-order chi connectivity index (χ1) is 15.4. The minimum absolute atomic E-state index is 0.0669. The average molecular weight is 464 g/mol. The van der Waals surface area contributed by atoms with Gasteiger partial charge in [-0.05, 0) is 51.8 Å². The number of primary amides is 1. The van der Waals surface area contributed by atoms with Gasteiger partial charge in [0, 0.05) is 30.5 Å². The van der Waals surface area contributed by atoms with Crippen molar-refractivity contribution in [3.63, 3.8) is 0 Å². The van der Waals surface area contributed by atoms with Crippen molar-refractivity contribution >= 4 is 29.6 Å². The van der Waals surface area contributed by atoms with Crippen LogP contribution in [0.1, 0.15) is 58.4 Å². The highest BCUT2D eigenvalue weighted by Gasteiger charge is 2.25. The van der Waals surface area contributed by atoms with Gasteiger partial charge in [-0.25, -0.2) is 9.18 Å². The van der Waals surface area contributed by atoms with Crippen molar-refractivity contribution in [2.24, 2.45) is 5.73 Å². The fourth-order valence-corrected chi connectivity index (χ4v) is 2.56. The van der Waals surface area contributed by atoms with Crippen LogP contribution in [0.15, 0.2) is 18.2 Å². The number of esters is 1. The molecule has 1 aromatic rings. The average Bonchev–Trinajstić information content (AvgIpc) is 2.68. The van der Waals surface area contributed by atoms with Crippen molar-refractivity contribution in [2.75, 3.05) is 12.4 Å². The predicted octanol–water partition coefficient (Wildman–Crippen LogP) is 2.62. The molecule has 1 aromatic carbocycles. The molecule has 33 heavy (non-hydrogen) atoms. The van der Waals surface area contributed by atoms with E-state index in [-0.39, 0.29) is 30.9 Å². The largest absolute Gasteiger partial charge is 0.469 e. The van der Waals surface area contributed by atoms with E-state index in [1.165, 1.54) is 19.2 Å². The molecule has 0 bridgehead atoms. The second-order valence-electron chi connectivity index (χ2n) is 8.15. The number of hydrogen-bond donors (Lipinski definition) is 3. The summed E-state index contributed by atoms with van der Waals surface area (Å²) in [7, 11) is 1.30. The van der Waals surface area contributed by atoms with E-state index in [1.807, 2.05) is 0 Å². The van der Waals surface area contributed by atoms with E-state index in [2.05, 4.69) is 27.2 Å². The van der Waals surface area contributed by atoms with Gasteiger partial charge in [-0.3, -0.25) is 14.4 Å². The number of ether oxygens (including phenoxy) is 2. The van der Waals surface area contributed by atoms with Crippen LogP contribution in [0.4, 0.5) is 14.9 Å². The molecule has 0 heterocycles. The molecular weight excluding hydrogens is 433 g/mol. The molecule has 0 radical (unpaired) electrons. The van der Waals surface area contributed by atoms with Gasteiger partial charge in [0.2, 0.25) is 11.8 Å². The zero-order chi connectivity index (χ0) is 25.0. The summed E-state index contributed by atoms with van der Waals surface area (Å²) in [6.07, 6.45) is 0.0677. The van der Waals surface area contributed by atoms with Crippen LogP contribution >= 0.6 is 0 Å². The van der Waals surface area contributed by atoms with Gasteiger partial charge in [0.15, 0.2) is 0 Å². The first kappa shape index (κ1) is 27.4. The number of alkyl carbamates (subject to hydrolysis) is 1. The van der Waals surface area contributed by atoms with E-state index < -0.39 is 35.4 Å². The first-order valence-electron chi connectivity index (χ1n) is 10.3. The number of hydrogen-bond acceptors (Lipinski definition) is 6. The summed E-state index contributed by atoms with van der Waals surface area (Å²) in [4.78, 5) is 47.0. The predicted molar refractivity (Wildman–Crippen MR) is 119 cm³/mol. The van der Waals surface area contributed by atoms with Crippen LogP contribution in [0.5, 0.6) is 0 Å². The lowest BCUT2D eigenvalue weighted by Gasteiger charge is -2.23. The Balaban J connectivity index is 2.88. The highest BCUT2D eigenvalue weighted by molar-refractivity contribution is 5.97. The number of halogens is 1. The van der Waals surface area contributed by atoms with E-state index in [9.17, 15) is 23.6 Å². The van der Waals surface area contributed by atoms with Crippen molar-refractivity contribution in [1.82, 2.24) is 5.32 Å². The Morgan fingerprint density at radius 3 is 2.45 bits per heavy atom. The van der Waals surface area contributed by atoms with Crippen LogP contribution in [-0.4, -0.2) is 42.6 Å². The standard InChI is InChI=1S/C23H30FN3O6/c1-23(2,3)33-22(31)27-18(10-11-19(25)28)21(30)26-17-13-15(12-16(24)14-17)8-6-5-7-9-20(29)32-4/h12-14,18H,5,7,9-11H2,1-4H3,(H2,25,28)(H,26,30)(H,27,31)/t18-/m0/s1. The van der Waals surface area contributed by atoms with Gasteiger partial charge in [-0.15, -0.1) is 0 Å². The molecule has 0 spiro atoms. The normalized spacial score (nSPS) is 11.4. The minimum atomic E-state index is -1.14. The molecule has 4 N–H and O–H groups in total. The van der Waals surface area contributed by atoms with Gasteiger partial charge in [0.1, 0.15) is 17.5 Å². The molecule has 0 aliphatic heterocycles. The smallest absolute Gasteiger partial charge is 0.408 e. The molecule has 0 saturated carbocycles. The maximum atomic E-state index is 14.0. The monoisotopic (exact) mass is 463 g/mol. The number of methoxy groups -OCH3 is 1. The van der Waals surface area contributed by atoms with E-state index in [4.69, 9.17) is 10.5 Å². The molecule has 1 atom stereocenters. The third-order valence-electron chi connectivity index (χ3n) is 4.00. The van der Waals surface area contributed by atoms with Crippen LogP contribution in [-0.2, 0) is 23.9 Å². The minimum Gasteiger partial charge on any atom is -0.469 e. The molecule has 3 amide bonds. The van der Waals surface area contributed by atoms with Crippen molar-refractivity contribution in [1.29, 1.82) is 0 Å². The maximum absolute atomic E-state index is 14.0. The van der Waals surface area contributed by atoms with Crippen LogP contribution in [0.25, 0.3) is 0 Å². The Bertz CT molecular complexity index is 930. The number of anilines is 1. The van der Waals surface area contributed by atoms with Gasteiger partial charge in [0.05, 0.1) is 7.11 Å². The molecule has 0 fully saturated rings. The molecular formula is C23H30FN3O6.